The number of amides is 1. The Morgan fingerprint density at radius 1 is 1.18 bits per heavy atom. The quantitative estimate of drug-likeness (QED) is 0.626. The molecule has 1 saturated heterocycles. The first-order valence-corrected chi connectivity index (χ1v) is 10.8. The number of benzene rings is 2. The zero-order chi connectivity index (χ0) is 19.3. The summed E-state index contributed by atoms with van der Waals surface area (Å²) in [5.41, 5.74) is 2.10. The molecule has 28 heavy (non-hydrogen) atoms. The first kappa shape index (κ1) is 18.9. The third-order valence-electron chi connectivity index (χ3n) is 5.14. The second-order valence-electron chi connectivity index (χ2n) is 6.99. The summed E-state index contributed by atoms with van der Waals surface area (Å²) in [6, 6.07) is 16.1. The van der Waals surface area contributed by atoms with E-state index in [4.69, 9.17) is 9.72 Å². The van der Waals surface area contributed by atoms with Gasteiger partial charge in [-0.05, 0) is 56.2 Å². The normalized spacial score (nSPS) is 15.1. The first-order valence-electron chi connectivity index (χ1n) is 9.81. The van der Waals surface area contributed by atoms with Gasteiger partial charge in [0.05, 0.1) is 23.4 Å². The number of H-pyrrole nitrogens is 1. The van der Waals surface area contributed by atoms with E-state index < -0.39 is 0 Å². The lowest BCUT2D eigenvalue weighted by atomic mass is 9.96. The van der Waals surface area contributed by atoms with E-state index in [2.05, 4.69) is 11.1 Å². The lowest BCUT2D eigenvalue weighted by molar-refractivity contribution is -0.129. The number of para-hydroxylation sites is 2. The van der Waals surface area contributed by atoms with Gasteiger partial charge < -0.3 is 14.6 Å². The van der Waals surface area contributed by atoms with E-state index in [1.807, 2.05) is 54.3 Å². The number of piperidine rings is 1. The van der Waals surface area contributed by atoms with Crippen LogP contribution in [0.4, 0.5) is 0 Å². The molecule has 0 bridgehead atoms. The predicted molar refractivity (Wildman–Crippen MR) is 113 cm³/mol. The average molecular weight is 396 g/mol. The molecule has 0 saturated carbocycles. The Kier molecular flexibility index (Phi) is 5.86. The molecule has 1 amide bonds. The van der Waals surface area contributed by atoms with E-state index in [1.165, 1.54) is 0 Å². The van der Waals surface area contributed by atoms with Gasteiger partial charge in [-0.25, -0.2) is 4.98 Å². The van der Waals surface area contributed by atoms with Crippen LogP contribution in [-0.4, -0.2) is 46.2 Å². The number of carbonyl (C=O) groups excluding carboxylic acids is 1. The highest BCUT2D eigenvalue weighted by Crippen LogP contribution is 2.28. The van der Waals surface area contributed by atoms with Crippen molar-refractivity contribution in [1.29, 1.82) is 0 Å². The van der Waals surface area contributed by atoms with Crippen molar-refractivity contribution in [1.82, 2.24) is 14.9 Å². The Bertz CT molecular complexity index is 897. The van der Waals surface area contributed by atoms with Crippen molar-refractivity contribution in [2.75, 3.05) is 25.4 Å². The van der Waals surface area contributed by atoms with E-state index in [-0.39, 0.29) is 5.91 Å². The minimum atomic E-state index is 0.210. The standard InChI is InChI=1S/C22H25N3O2S/c1-2-27-17-7-9-18(10-8-17)28-15-21(26)25-13-11-16(12-14-25)22-23-19-5-3-4-6-20(19)24-22/h3-10,16H,2,11-15H2,1H3,(H,23,24). The van der Waals surface area contributed by atoms with Gasteiger partial charge in [-0.2, -0.15) is 0 Å². The third kappa shape index (κ3) is 4.33. The van der Waals surface area contributed by atoms with Crippen molar-refractivity contribution in [2.24, 2.45) is 0 Å². The highest BCUT2D eigenvalue weighted by molar-refractivity contribution is 8.00. The van der Waals surface area contributed by atoms with Crippen molar-refractivity contribution < 1.29 is 9.53 Å². The van der Waals surface area contributed by atoms with Gasteiger partial charge >= 0.3 is 0 Å². The minimum absolute atomic E-state index is 0.210. The Morgan fingerprint density at radius 3 is 2.64 bits per heavy atom. The predicted octanol–water partition coefficient (Wildman–Crippen LogP) is 4.46. The topological polar surface area (TPSA) is 58.2 Å². The number of rotatable bonds is 6. The zero-order valence-electron chi connectivity index (χ0n) is 16.1. The SMILES string of the molecule is CCOc1ccc(SCC(=O)N2CCC(c3nc4ccccc4[nH]3)CC2)cc1. The lowest BCUT2D eigenvalue weighted by Gasteiger charge is -2.31. The van der Waals surface area contributed by atoms with E-state index in [9.17, 15) is 4.79 Å². The van der Waals surface area contributed by atoms with Crippen LogP contribution in [0.25, 0.3) is 11.0 Å². The van der Waals surface area contributed by atoms with Crippen LogP contribution in [0.2, 0.25) is 0 Å². The van der Waals surface area contributed by atoms with Crippen LogP contribution >= 0.6 is 11.8 Å². The molecule has 4 rings (SSSR count). The van der Waals surface area contributed by atoms with Gasteiger partial charge in [-0.1, -0.05) is 12.1 Å². The molecule has 1 fully saturated rings. The Morgan fingerprint density at radius 2 is 1.93 bits per heavy atom. The Balaban J connectivity index is 1.27. The summed E-state index contributed by atoms with van der Waals surface area (Å²) in [4.78, 5) is 23.8. The number of thioether (sulfide) groups is 1. The van der Waals surface area contributed by atoms with Crippen molar-refractivity contribution in [3.8, 4) is 5.75 Å². The van der Waals surface area contributed by atoms with Crippen LogP contribution in [-0.2, 0) is 4.79 Å². The molecule has 2 aromatic carbocycles. The molecule has 1 N–H and O–H groups in total. The molecule has 0 spiro atoms. The molecule has 1 aromatic heterocycles. The fourth-order valence-electron chi connectivity index (χ4n) is 3.60. The van der Waals surface area contributed by atoms with Gasteiger partial charge in [0.15, 0.2) is 0 Å². The van der Waals surface area contributed by atoms with E-state index >= 15 is 0 Å². The molecular formula is C22H25N3O2S. The fraction of sp³-hybridized carbons (Fsp3) is 0.364. The number of likely N-dealkylation sites (tertiary alicyclic amines) is 1. The summed E-state index contributed by atoms with van der Waals surface area (Å²) in [6.07, 6.45) is 1.92. The van der Waals surface area contributed by atoms with Crippen molar-refractivity contribution in [3.05, 3.63) is 54.4 Å². The van der Waals surface area contributed by atoms with E-state index in [1.54, 1.807) is 11.8 Å². The van der Waals surface area contributed by atoms with Crippen molar-refractivity contribution in [2.45, 2.75) is 30.6 Å². The first-order chi connectivity index (χ1) is 13.7. The molecule has 2 heterocycles. The summed E-state index contributed by atoms with van der Waals surface area (Å²) in [7, 11) is 0. The minimum Gasteiger partial charge on any atom is -0.494 e. The number of nitrogens with one attached hydrogen (secondary N) is 1. The molecular weight excluding hydrogens is 370 g/mol. The molecule has 0 atom stereocenters. The van der Waals surface area contributed by atoms with Gasteiger partial charge in [0, 0.05) is 23.9 Å². The molecule has 0 aliphatic carbocycles. The van der Waals surface area contributed by atoms with E-state index in [0.29, 0.717) is 18.3 Å². The van der Waals surface area contributed by atoms with Gasteiger partial charge in [0.2, 0.25) is 5.91 Å². The molecule has 0 unspecified atom stereocenters. The summed E-state index contributed by atoms with van der Waals surface area (Å²) in [5, 5.41) is 0. The van der Waals surface area contributed by atoms with Crippen LogP contribution < -0.4 is 4.74 Å². The summed E-state index contributed by atoms with van der Waals surface area (Å²) >= 11 is 1.58. The van der Waals surface area contributed by atoms with Crippen LogP contribution in [0.1, 0.15) is 31.5 Å². The highest BCUT2D eigenvalue weighted by Gasteiger charge is 2.25. The monoisotopic (exact) mass is 395 g/mol. The number of ether oxygens (including phenoxy) is 1. The maximum Gasteiger partial charge on any atom is 0.232 e. The average Bonchev–Trinajstić information content (AvgIpc) is 3.18. The van der Waals surface area contributed by atoms with E-state index in [0.717, 1.165) is 53.4 Å². The number of hydrogen-bond donors (Lipinski definition) is 1. The smallest absolute Gasteiger partial charge is 0.232 e. The number of fused-ring (bicyclic) bond motifs is 1. The second kappa shape index (κ2) is 8.69. The second-order valence-corrected chi connectivity index (χ2v) is 8.04. The molecule has 0 radical (unpaired) electrons. The number of aromatic amines is 1. The van der Waals surface area contributed by atoms with Gasteiger partial charge in [-0.3, -0.25) is 4.79 Å². The fourth-order valence-corrected chi connectivity index (χ4v) is 4.40. The lowest BCUT2D eigenvalue weighted by Crippen LogP contribution is -2.39. The molecule has 5 nitrogen and oxygen atoms in total. The van der Waals surface area contributed by atoms with Gasteiger partial charge in [0.25, 0.3) is 0 Å². The number of imidazole rings is 1. The largest absolute Gasteiger partial charge is 0.494 e. The summed E-state index contributed by atoms with van der Waals surface area (Å²) in [5.74, 6) is 3.00. The third-order valence-corrected chi connectivity index (χ3v) is 6.14. The van der Waals surface area contributed by atoms with Crippen molar-refractivity contribution >= 4 is 28.7 Å². The maximum atomic E-state index is 12.6. The van der Waals surface area contributed by atoms with Crippen LogP contribution in [0.5, 0.6) is 5.75 Å². The summed E-state index contributed by atoms with van der Waals surface area (Å²) < 4.78 is 5.46. The Labute approximate surface area is 169 Å². The number of aromatic nitrogens is 2. The number of hydrogen-bond acceptors (Lipinski definition) is 4. The zero-order valence-corrected chi connectivity index (χ0v) is 16.9. The van der Waals surface area contributed by atoms with Gasteiger partial charge in [-0.15, -0.1) is 11.8 Å². The number of nitrogens with zero attached hydrogens (tertiary/aromatic N) is 2. The Hall–Kier alpha value is -2.47. The van der Waals surface area contributed by atoms with Crippen LogP contribution in [0, 0.1) is 0 Å². The van der Waals surface area contributed by atoms with Crippen LogP contribution in [0.3, 0.4) is 0 Å². The molecule has 1 aliphatic rings. The summed E-state index contributed by atoms with van der Waals surface area (Å²) in [6.45, 7) is 4.22. The van der Waals surface area contributed by atoms with Crippen LogP contribution in [0.15, 0.2) is 53.4 Å². The molecule has 6 heteroatoms. The molecule has 3 aromatic rings. The molecule has 1 aliphatic heterocycles. The molecule has 146 valence electrons. The van der Waals surface area contributed by atoms with Crippen molar-refractivity contribution in [3.63, 3.8) is 0 Å². The number of carbonyl (C=O) groups is 1. The highest BCUT2D eigenvalue weighted by atomic mass is 32.2. The maximum absolute atomic E-state index is 12.6. The van der Waals surface area contributed by atoms with Gasteiger partial charge in [0.1, 0.15) is 11.6 Å².